The van der Waals surface area contributed by atoms with Crippen LogP contribution in [0.1, 0.15) is 50.1 Å². The van der Waals surface area contributed by atoms with E-state index in [1.807, 2.05) is 12.1 Å². The number of amides is 2. The molecule has 33 heavy (non-hydrogen) atoms. The Morgan fingerprint density at radius 2 is 1.85 bits per heavy atom. The standard InChI is InChI=1S/C25H29N3O4S/c1-32-21-10-6-5-9-20(21)28(25(31)18-15-22(29)33-16-18)23(17-11-13-26-14-12-17)24(30)27-19-7-3-2-4-8-19/h5-6,9-14,18-19,23H,2-4,7-8,15-16H2,1H3,(H,27,30)/t18-,23+/m1/s1. The lowest BCUT2D eigenvalue weighted by molar-refractivity contribution is -0.129. The Kier molecular flexibility index (Phi) is 7.65. The topological polar surface area (TPSA) is 88.6 Å². The van der Waals surface area contributed by atoms with Crippen molar-refractivity contribution in [3.05, 3.63) is 54.4 Å². The summed E-state index contributed by atoms with van der Waals surface area (Å²) in [6.07, 6.45) is 8.63. The number of methoxy groups -OCH3 is 1. The summed E-state index contributed by atoms with van der Waals surface area (Å²) < 4.78 is 5.57. The third kappa shape index (κ3) is 5.38. The van der Waals surface area contributed by atoms with Gasteiger partial charge in [-0.05, 0) is 42.7 Å². The molecule has 2 amide bonds. The number of anilines is 1. The quantitative estimate of drug-likeness (QED) is 0.665. The van der Waals surface area contributed by atoms with Gasteiger partial charge in [0.2, 0.25) is 11.8 Å². The fourth-order valence-electron chi connectivity index (χ4n) is 4.57. The summed E-state index contributed by atoms with van der Waals surface area (Å²) in [6.45, 7) is 0. The SMILES string of the molecule is COc1ccccc1N(C(=O)[C@H]1CSC(=O)C1)[C@H](C(=O)NC1CCCCC1)c1ccncc1. The summed E-state index contributed by atoms with van der Waals surface area (Å²) in [4.78, 5) is 45.2. The van der Waals surface area contributed by atoms with E-state index in [-0.39, 0.29) is 29.4 Å². The van der Waals surface area contributed by atoms with Crippen LogP contribution >= 0.6 is 11.8 Å². The largest absolute Gasteiger partial charge is 0.495 e. The van der Waals surface area contributed by atoms with Crippen molar-refractivity contribution in [2.75, 3.05) is 17.8 Å². The van der Waals surface area contributed by atoms with Crippen LogP contribution in [0.25, 0.3) is 0 Å². The fraction of sp³-hybridized carbons (Fsp3) is 0.440. The Labute approximate surface area is 198 Å². The summed E-state index contributed by atoms with van der Waals surface area (Å²) >= 11 is 1.17. The van der Waals surface area contributed by atoms with Crippen molar-refractivity contribution >= 4 is 34.4 Å². The summed E-state index contributed by atoms with van der Waals surface area (Å²) in [6, 6.07) is 9.90. The minimum absolute atomic E-state index is 0.000412. The van der Waals surface area contributed by atoms with Gasteiger partial charge in [-0.15, -0.1) is 0 Å². The van der Waals surface area contributed by atoms with E-state index in [2.05, 4.69) is 10.3 Å². The molecule has 2 aromatic rings. The maximum atomic E-state index is 13.9. The third-order valence-electron chi connectivity index (χ3n) is 6.27. The number of benzene rings is 1. The lowest BCUT2D eigenvalue weighted by atomic mass is 9.94. The molecule has 8 heteroatoms. The van der Waals surface area contributed by atoms with Crippen molar-refractivity contribution in [2.24, 2.45) is 5.92 Å². The van der Waals surface area contributed by atoms with E-state index < -0.39 is 12.0 Å². The number of thioether (sulfide) groups is 1. The average Bonchev–Trinajstić information content (AvgIpc) is 3.29. The van der Waals surface area contributed by atoms with E-state index in [0.29, 0.717) is 22.8 Å². The normalized spacial score (nSPS) is 19.7. The number of para-hydroxylation sites is 2. The van der Waals surface area contributed by atoms with Gasteiger partial charge in [0, 0.05) is 30.6 Å². The lowest BCUT2D eigenvalue weighted by Crippen LogP contribution is -2.49. The van der Waals surface area contributed by atoms with Gasteiger partial charge in [0.25, 0.3) is 0 Å². The molecule has 1 aromatic carbocycles. The highest BCUT2D eigenvalue weighted by molar-refractivity contribution is 8.14. The van der Waals surface area contributed by atoms with Crippen LogP contribution in [-0.2, 0) is 14.4 Å². The minimum atomic E-state index is -0.903. The van der Waals surface area contributed by atoms with Crippen LogP contribution in [0, 0.1) is 5.92 Å². The number of aromatic nitrogens is 1. The minimum Gasteiger partial charge on any atom is -0.495 e. The zero-order valence-electron chi connectivity index (χ0n) is 18.7. The second-order valence-corrected chi connectivity index (χ2v) is 9.57. The van der Waals surface area contributed by atoms with E-state index >= 15 is 0 Å². The summed E-state index contributed by atoms with van der Waals surface area (Å²) in [5, 5.41) is 3.19. The molecule has 0 unspecified atom stereocenters. The van der Waals surface area contributed by atoms with Crippen LogP contribution in [0.5, 0.6) is 5.75 Å². The molecule has 1 saturated heterocycles. The molecule has 0 bridgehead atoms. The lowest BCUT2D eigenvalue weighted by Gasteiger charge is -2.35. The van der Waals surface area contributed by atoms with Crippen molar-refractivity contribution in [1.82, 2.24) is 10.3 Å². The highest BCUT2D eigenvalue weighted by atomic mass is 32.2. The van der Waals surface area contributed by atoms with E-state index in [9.17, 15) is 14.4 Å². The first-order chi connectivity index (χ1) is 16.1. The summed E-state index contributed by atoms with van der Waals surface area (Å²) in [7, 11) is 1.54. The molecule has 174 valence electrons. The monoisotopic (exact) mass is 467 g/mol. The first-order valence-corrected chi connectivity index (χ1v) is 12.4. The predicted octanol–water partition coefficient (Wildman–Crippen LogP) is 3.89. The maximum absolute atomic E-state index is 13.9. The van der Waals surface area contributed by atoms with Crippen molar-refractivity contribution in [3.8, 4) is 5.75 Å². The Morgan fingerprint density at radius 3 is 2.52 bits per heavy atom. The Bertz CT molecular complexity index is 994. The molecule has 2 heterocycles. The highest BCUT2D eigenvalue weighted by Crippen LogP contribution is 2.38. The molecule has 0 radical (unpaired) electrons. The number of ether oxygens (including phenoxy) is 1. The molecule has 7 nitrogen and oxygen atoms in total. The van der Waals surface area contributed by atoms with Gasteiger partial charge in [0.05, 0.1) is 18.7 Å². The molecule has 2 fully saturated rings. The Hall–Kier alpha value is -2.87. The van der Waals surface area contributed by atoms with Crippen molar-refractivity contribution in [1.29, 1.82) is 0 Å². The number of nitrogens with one attached hydrogen (secondary N) is 1. The third-order valence-corrected chi connectivity index (χ3v) is 7.33. The van der Waals surface area contributed by atoms with Gasteiger partial charge in [0.15, 0.2) is 5.12 Å². The zero-order chi connectivity index (χ0) is 23.2. The van der Waals surface area contributed by atoms with Gasteiger partial charge in [-0.3, -0.25) is 24.3 Å². The molecule has 2 atom stereocenters. The number of hydrogen-bond donors (Lipinski definition) is 1. The number of hydrogen-bond acceptors (Lipinski definition) is 6. The smallest absolute Gasteiger partial charge is 0.248 e. The van der Waals surface area contributed by atoms with Gasteiger partial charge in [-0.25, -0.2) is 0 Å². The number of carbonyl (C=O) groups excluding carboxylic acids is 3. The predicted molar refractivity (Wildman–Crippen MR) is 128 cm³/mol. The highest BCUT2D eigenvalue weighted by Gasteiger charge is 2.40. The van der Waals surface area contributed by atoms with E-state index in [4.69, 9.17) is 4.74 Å². The molecular weight excluding hydrogens is 438 g/mol. The molecule has 1 aliphatic heterocycles. The van der Waals surface area contributed by atoms with Gasteiger partial charge < -0.3 is 10.1 Å². The van der Waals surface area contributed by atoms with Crippen molar-refractivity contribution < 1.29 is 19.1 Å². The van der Waals surface area contributed by atoms with Crippen LogP contribution in [0.15, 0.2) is 48.8 Å². The molecule has 2 aliphatic rings. The van der Waals surface area contributed by atoms with Gasteiger partial charge in [-0.2, -0.15) is 0 Å². The average molecular weight is 468 g/mol. The number of rotatable bonds is 7. The number of pyridine rings is 1. The number of nitrogens with zero attached hydrogens (tertiary/aromatic N) is 2. The molecule has 1 aromatic heterocycles. The van der Waals surface area contributed by atoms with Crippen LogP contribution in [0.4, 0.5) is 5.69 Å². The first-order valence-electron chi connectivity index (χ1n) is 11.4. The van der Waals surface area contributed by atoms with Gasteiger partial charge in [0.1, 0.15) is 11.8 Å². The van der Waals surface area contributed by atoms with E-state index in [1.165, 1.54) is 23.1 Å². The fourth-order valence-corrected chi connectivity index (χ4v) is 5.54. The molecule has 4 rings (SSSR count). The van der Waals surface area contributed by atoms with Crippen LogP contribution in [-0.4, -0.2) is 40.8 Å². The second kappa shape index (κ2) is 10.8. The Balaban J connectivity index is 1.77. The van der Waals surface area contributed by atoms with Crippen LogP contribution in [0.3, 0.4) is 0 Å². The number of carbonyl (C=O) groups is 3. The Morgan fingerprint density at radius 1 is 1.12 bits per heavy atom. The van der Waals surface area contributed by atoms with Crippen molar-refractivity contribution in [2.45, 2.75) is 50.6 Å². The van der Waals surface area contributed by atoms with Crippen molar-refractivity contribution in [3.63, 3.8) is 0 Å². The second-order valence-electron chi connectivity index (χ2n) is 8.49. The van der Waals surface area contributed by atoms with E-state index in [1.54, 1.807) is 43.8 Å². The van der Waals surface area contributed by atoms with Crippen LogP contribution in [0.2, 0.25) is 0 Å². The summed E-state index contributed by atoms with van der Waals surface area (Å²) in [5.41, 5.74) is 1.17. The maximum Gasteiger partial charge on any atom is 0.248 e. The first kappa shape index (κ1) is 23.3. The molecule has 1 saturated carbocycles. The summed E-state index contributed by atoms with van der Waals surface area (Å²) in [5.74, 6) is -0.0641. The van der Waals surface area contributed by atoms with Crippen LogP contribution < -0.4 is 15.0 Å². The molecule has 0 spiro atoms. The van der Waals surface area contributed by atoms with E-state index in [0.717, 1.165) is 25.7 Å². The molecular formula is C25H29N3O4S. The molecule has 1 aliphatic carbocycles. The zero-order valence-corrected chi connectivity index (χ0v) is 19.6. The van der Waals surface area contributed by atoms with Gasteiger partial charge >= 0.3 is 0 Å². The molecule has 1 N–H and O–H groups in total. The van der Waals surface area contributed by atoms with Gasteiger partial charge in [-0.1, -0.05) is 43.2 Å².